The lowest BCUT2D eigenvalue weighted by molar-refractivity contribution is -0.140. The molecule has 2 aliphatic heterocycles. The highest BCUT2D eigenvalue weighted by Crippen LogP contribution is 2.53. The van der Waals surface area contributed by atoms with Crippen LogP contribution in [0.15, 0.2) is 96.6 Å². The molecule has 0 N–H and O–H groups in total. The van der Waals surface area contributed by atoms with Gasteiger partial charge in [0.15, 0.2) is 0 Å². The van der Waals surface area contributed by atoms with Gasteiger partial charge in [-0.15, -0.1) is 0 Å². The van der Waals surface area contributed by atoms with E-state index in [-0.39, 0.29) is 18.6 Å². The fraction of sp³-hybridized carbons (Fsp3) is 0.185. The van der Waals surface area contributed by atoms with Crippen LogP contribution in [0.25, 0.3) is 5.70 Å². The van der Waals surface area contributed by atoms with E-state index in [1.54, 1.807) is 11.9 Å². The van der Waals surface area contributed by atoms with Crippen molar-refractivity contribution in [3.63, 3.8) is 0 Å². The molecule has 2 atom stereocenters. The zero-order valence-electron chi connectivity index (χ0n) is 17.8. The summed E-state index contributed by atoms with van der Waals surface area (Å²) in [5, 5.41) is 3.76. The molecule has 2 aliphatic rings. The van der Waals surface area contributed by atoms with E-state index < -0.39 is 12.0 Å². The summed E-state index contributed by atoms with van der Waals surface area (Å²) in [5.74, 6) is -0.424. The first-order valence-electron chi connectivity index (χ1n) is 10.9. The summed E-state index contributed by atoms with van der Waals surface area (Å²) in [4.78, 5) is 26.8. The number of amides is 1. The quantitative estimate of drug-likeness (QED) is 0.547. The Morgan fingerprint density at radius 2 is 1.44 bits per heavy atom. The van der Waals surface area contributed by atoms with Gasteiger partial charge in [-0.25, -0.2) is 9.80 Å². The Morgan fingerprint density at radius 3 is 2.03 bits per heavy atom. The summed E-state index contributed by atoms with van der Waals surface area (Å²) in [5.41, 5.74) is 3.92. The zero-order chi connectivity index (χ0) is 22.1. The highest BCUT2D eigenvalue weighted by atomic mass is 16.5. The van der Waals surface area contributed by atoms with Crippen LogP contribution in [0.2, 0.25) is 0 Å². The monoisotopic (exact) mass is 424 g/mol. The number of benzene rings is 3. The van der Waals surface area contributed by atoms with Gasteiger partial charge in [0.2, 0.25) is 5.91 Å². The van der Waals surface area contributed by atoms with Gasteiger partial charge in [-0.05, 0) is 18.1 Å². The summed E-state index contributed by atoms with van der Waals surface area (Å²) < 4.78 is 5.51. The van der Waals surface area contributed by atoms with Gasteiger partial charge in [0.05, 0.1) is 36.4 Å². The maximum absolute atomic E-state index is 13.4. The van der Waals surface area contributed by atoms with Gasteiger partial charge >= 0.3 is 5.97 Å². The van der Waals surface area contributed by atoms with Crippen LogP contribution in [0, 0.1) is 0 Å². The van der Waals surface area contributed by atoms with Crippen molar-refractivity contribution in [2.24, 2.45) is 0 Å². The molecule has 3 aromatic carbocycles. The Labute approximate surface area is 187 Å². The number of hydrogen-bond acceptors (Lipinski definition) is 4. The topological polar surface area (TPSA) is 49.9 Å². The Kier molecular flexibility index (Phi) is 5.33. The lowest BCUT2D eigenvalue weighted by Crippen LogP contribution is -2.36. The van der Waals surface area contributed by atoms with Crippen molar-refractivity contribution in [3.05, 3.63) is 113 Å². The third kappa shape index (κ3) is 3.31. The number of carbonyl (C=O) groups is 2. The summed E-state index contributed by atoms with van der Waals surface area (Å²) in [6.07, 6.45) is 0.347. The van der Waals surface area contributed by atoms with E-state index in [0.717, 1.165) is 16.7 Å². The second kappa shape index (κ2) is 8.44. The largest absolute Gasteiger partial charge is 0.463 e. The minimum Gasteiger partial charge on any atom is -0.463 e. The lowest BCUT2D eigenvalue weighted by atomic mass is 9.93. The van der Waals surface area contributed by atoms with Crippen LogP contribution in [-0.4, -0.2) is 28.5 Å². The van der Waals surface area contributed by atoms with E-state index in [9.17, 15) is 9.59 Å². The van der Waals surface area contributed by atoms with Crippen LogP contribution < -0.4 is 0 Å². The molecule has 0 aliphatic carbocycles. The Hall–Kier alpha value is -3.70. The predicted molar refractivity (Wildman–Crippen MR) is 122 cm³/mol. The molecular weight excluding hydrogens is 400 g/mol. The van der Waals surface area contributed by atoms with Gasteiger partial charge in [0, 0.05) is 5.56 Å². The van der Waals surface area contributed by atoms with Gasteiger partial charge in [0.25, 0.3) is 0 Å². The molecule has 5 heteroatoms. The van der Waals surface area contributed by atoms with Crippen LogP contribution >= 0.6 is 0 Å². The standard InChI is InChI=1S/C27H24N2O3/c1-2-32-27(31)24-25(20-14-8-4-9-15-20)28-22(19-12-6-3-7-13-19)18-23(30)29(28)26(24)21-16-10-5-11-17-21/h3-17,22,25H,2,18H2,1H3/t22-,25-/m1/s1. The molecule has 32 heavy (non-hydrogen) atoms. The third-order valence-electron chi connectivity index (χ3n) is 6.00. The molecule has 0 aromatic heterocycles. The summed E-state index contributed by atoms with van der Waals surface area (Å²) in [6, 6.07) is 28.9. The van der Waals surface area contributed by atoms with Crippen molar-refractivity contribution in [1.29, 1.82) is 0 Å². The fourth-order valence-corrected chi connectivity index (χ4v) is 4.72. The van der Waals surface area contributed by atoms with E-state index in [1.807, 2.05) is 91.0 Å². The minimum absolute atomic E-state index is 0.0297. The van der Waals surface area contributed by atoms with E-state index in [4.69, 9.17) is 4.74 Å². The van der Waals surface area contributed by atoms with Gasteiger partial charge < -0.3 is 4.74 Å². The van der Waals surface area contributed by atoms with Crippen molar-refractivity contribution in [3.8, 4) is 0 Å². The third-order valence-corrected chi connectivity index (χ3v) is 6.00. The van der Waals surface area contributed by atoms with E-state index in [1.165, 1.54) is 0 Å². The number of carbonyl (C=O) groups excluding carboxylic acids is 2. The molecule has 1 fully saturated rings. The lowest BCUT2D eigenvalue weighted by Gasteiger charge is -2.32. The second-order valence-corrected chi connectivity index (χ2v) is 7.88. The maximum atomic E-state index is 13.4. The number of rotatable bonds is 5. The minimum atomic E-state index is -0.429. The van der Waals surface area contributed by atoms with E-state index in [0.29, 0.717) is 17.7 Å². The number of fused-ring (bicyclic) bond motifs is 1. The number of hydrogen-bond donors (Lipinski definition) is 0. The predicted octanol–water partition coefficient (Wildman–Crippen LogP) is 4.91. The summed E-state index contributed by atoms with van der Waals surface area (Å²) >= 11 is 0. The first-order valence-corrected chi connectivity index (χ1v) is 10.9. The molecule has 5 rings (SSSR count). The van der Waals surface area contributed by atoms with Crippen LogP contribution in [0.4, 0.5) is 0 Å². The first-order chi connectivity index (χ1) is 15.7. The highest BCUT2D eigenvalue weighted by molar-refractivity contribution is 6.04. The maximum Gasteiger partial charge on any atom is 0.338 e. The summed E-state index contributed by atoms with van der Waals surface area (Å²) in [7, 11) is 0. The Bertz CT molecular complexity index is 1160. The molecule has 0 radical (unpaired) electrons. The van der Waals surface area contributed by atoms with Gasteiger partial charge in [-0.1, -0.05) is 91.0 Å². The first kappa shape index (κ1) is 20.2. The molecule has 2 heterocycles. The van der Waals surface area contributed by atoms with Crippen LogP contribution in [0.5, 0.6) is 0 Å². The fourth-order valence-electron chi connectivity index (χ4n) is 4.72. The second-order valence-electron chi connectivity index (χ2n) is 7.88. The van der Waals surface area contributed by atoms with Crippen molar-refractivity contribution in [2.75, 3.05) is 6.61 Å². The number of ether oxygens (including phenoxy) is 1. The normalized spacial score (nSPS) is 20.5. The van der Waals surface area contributed by atoms with Crippen LogP contribution in [0.1, 0.15) is 42.1 Å². The van der Waals surface area contributed by atoms with Crippen molar-refractivity contribution in [2.45, 2.75) is 25.4 Å². The van der Waals surface area contributed by atoms with Crippen molar-refractivity contribution >= 4 is 17.6 Å². The SMILES string of the molecule is CCOC(=O)C1=C(c2ccccc2)N2C(=O)C[C@H](c3ccccc3)N2[C@@H]1c1ccccc1. The molecule has 1 saturated heterocycles. The molecule has 1 amide bonds. The summed E-state index contributed by atoms with van der Waals surface area (Å²) in [6.45, 7) is 2.06. The number of esters is 1. The smallest absolute Gasteiger partial charge is 0.338 e. The molecular formula is C27H24N2O3. The number of hydrazine groups is 1. The molecule has 160 valence electrons. The molecule has 3 aromatic rings. The Balaban J connectivity index is 1.75. The number of nitrogens with zero attached hydrogens (tertiary/aromatic N) is 2. The molecule has 0 saturated carbocycles. The molecule has 0 unspecified atom stereocenters. The van der Waals surface area contributed by atoms with Gasteiger partial charge in [-0.2, -0.15) is 5.01 Å². The zero-order valence-corrected chi connectivity index (χ0v) is 17.8. The average molecular weight is 425 g/mol. The average Bonchev–Trinajstić information content (AvgIpc) is 3.36. The molecule has 5 nitrogen and oxygen atoms in total. The van der Waals surface area contributed by atoms with Crippen LogP contribution in [0.3, 0.4) is 0 Å². The van der Waals surface area contributed by atoms with Crippen LogP contribution in [-0.2, 0) is 14.3 Å². The molecule has 0 spiro atoms. The molecule has 0 bridgehead atoms. The highest BCUT2D eigenvalue weighted by Gasteiger charge is 2.53. The van der Waals surface area contributed by atoms with Gasteiger partial charge in [-0.3, -0.25) is 4.79 Å². The van der Waals surface area contributed by atoms with Gasteiger partial charge in [0.1, 0.15) is 0 Å². The van der Waals surface area contributed by atoms with Crippen molar-refractivity contribution < 1.29 is 14.3 Å². The van der Waals surface area contributed by atoms with E-state index >= 15 is 0 Å². The van der Waals surface area contributed by atoms with E-state index in [2.05, 4.69) is 5.01 Å². The van der Waals surface area contributed by atoms with Crippen molar-refractivity contribution in [1.82, 2.24) is 10.0 Å². The Morgan fingerprint density at radius 1 is 0.875 bits per heavy atom.